The molecule has 14 heavy (non-hydrogen) atoms. The van der Waals surface area contributed by atoms with Crippen molar-refractivity contribution in [3.8, 4) is 0 Å². The molecule has 1 unspecified atom stereocenters. The zero-order valence-electron chi connectivity index (χ0n) is 7.42. The van der Waals surface area contributed by atoms with Gasteiger partial charge in [-0.15, -0.1) is 0 Å². The molecular weight excluding hydrogens is 269 g/mol. The Labute approximate surface area is 95.2 Å². The molecule has 5 heteroatoms. The summed E-state index contributed by atoms with van der Waals surface area (Å²) >= 11 is 9.33. The van der Waals surface area contributed by atoms with E-state index in [-0.39, 0.29) is 4.83 Å². The molecule has 0 radical (unpaired) electrons. The number of carbonyl (C=O) groups is 1. The molecule has 1 aromatic rings. The Kier molecular flexibility index (Phi) is 3.77. The number of anilines is 1. The summed E-state index contributed by atoms with van der Waals surface area (Å²) in [5, 5.41) is 11.2. The topological polar surface area (TPSA) is 49.3 Å². The minimum absolute atomic E-state index is 0.147. The van der Waals surface area contributed by atoms with Crippen LogP contribution in [0, 0.1) is 0 Å². The van der Waals surface area contributed by atoms with Gasteiger partial charge in [-0.1, -0.05) is 33.6 Å². The Morgan fingerprint density at radius 3 is 2.71 bits per heavy atom. The monoisotopic (exact) mass is 277 g/mol. The highest BCUT2D eigenvalue weighted by molar-refractivity contribution is 9.09. The zero-order chi connectivity index (χ0) is 10.7. The van der Waals surface area contributed by atoms with Gasteiger partial charge in [0, 0.05) is 15.5 Å². The highest BCUT2D eigenvalue weighted by Gasteiger charge is 2.07. The number of halogens is 2. The molecule has 0 aromatic heterocycles. The van der Waals surface area contributed by atoms with Crippen molar-refractivity contribution in [1.29, 1.82) is 0 Å². The van der Waals surface area contributed by atoms with E-state index in [1.54, 1.807) is 18.2 Å². The van der Waals surface area contributed by atoms with Crippen molar-refractivity contribution in [3.05, 3.63) is 28.8 Å². The fourth-order valence-corrected chi connectivity index (χ4v) is 1.93. The van der Waals surface area contributed by atoms with E-state index in [0.29, 0.717) is 10.7 Å². The van der Waals surface area contributed by atoms with E-state index in [1.165, 1.54) is 0 Å². The van der Waals surface area contributed by atoms with Crippen molar-refractivity contribution in [2.24, 2.45) is 0 Å². The average molecular weight is 279 g/mol. The molecule has 3 nitrogen and oxygen atoms in total. The molecule has 0 heterocycles. The number of hydrogen-bond donors (Lipinski definition) is 2. The summed E-state index contributed by atoms with van der Waals surface area (Å²) < 4.78 is 0. The molecule has 1 amide bonds. The number of amides is 1. The number of benzene rings is 1. The van der Waals surface area contributed by atoms with Crippen LogP contribution in [0.3, 0.4) is 0 Å². The van der Waals surface area contributed by atoms with Crippen molar-refractivity contribution in [3.63, 3.8) is 0 Å². The summed E-state index contributed by atoms with van der Waals surface area (Å²) in [6, 6.07) is 5.04. The van der Waals surface area contributed by atoms with E-state index in [2.05, 4.69) is 21.2 Å². The van der Waals surface area contributed by atoms with E-state index < -0.39 is 6.09 Å². The summed E-state index contributed by atoms with van der Waals surface area (Å²) in [6.45, 7) is 1.95. The number of nitrogens with one attached hydrogen (secondary N) is 1. The van der Waals surface area contributed by atoms with Gasteiger partial charge in [0.1, 0.15) is 0 Å². The van der Waals surface area contributed by atoms with E-state index in [4.69, 9.17) is 16.7 Å². The van der Waals surface area contributed by atoms with Gasteiger partial charge >= 0.3 is 6.09 Å². The molecule has 1 aromatic carbocycles. The van der Waals surface area contributed by atoms with Gasteiger partial charge < -0.3 is 5.11 Å². The third-order valence-corrected chi connectivity index (χ3v) is 2.50. The fourth-order valence-electron chi connectivity index (χ4n) is 1.05. The van der Waals surface area contributed by atoms with Crippen LogP contribution in [0.1, 0.15) is 17.3 Å². The van der Waals surface area contributed by atoms with Crippen molar-refractivity contribution >= 4 is 39.3 Å². The van der Waals surface area contributed by atoms with Crippen molar-refractivity contribution in [2.45, 2.75) is 11.8 Å². The highest BCUT2D eigenvalue weighted by Crippen LogP contribution is 2.30. The summed E-state index contributed by atoms with van der Waals surface area (Å²) in [4.78, 5) is 10.5. The van der Waals surface area contributed by atoms with Crippen molar-refractivity contribution in [2.75, 3.05) is 5.32 Å². The molecule has 0 saturated heterocycles. The first kappa shape index (κ1) is 11.3. The molecule has 0 aliphatic heterocycles. The molecule has 0 bridgehead atoms. The predicted molar refractivity (Wildman–Crippen MR) is 60.4 cm³/mol. The number of alkyl halides is 1. The second-order valence-corrected chi connectivity index (χ2v) is 4.56. The Bertz CT molecular complexity index is 355. The Morgan fingerprint density at radius 1 is 1.64 bits per heavy atom. The Balaban J connectivity index is 2.94. The quantitative estimate of drug-likeness (QED) is 0.806. The van der Waals surface area contributed by atoms with E-state index >= 15 is 0 Å². The van der Waals surface area contributed by atoms with Gasteiger partial charge in [0.15, 0.2) is 0 Å². The maximum Gasteiger partial charge on any atom is 0.409 e. The molecule has 76 valence electrons. The highest BCUT2D eigenvalue weighted by atomic mass is 79.9. The first-order valence-electron chi connectivity index (χ1n) is 3.94. The summed E-state index contributed by atoms with van der Waals surface area (Å²) in [5.74, 6) is 0. The van der Waals surface area contributed by atoms with Gasteiger partial charge in [0.05, 0.1) is 0 Å². The third-order valence-electron chi connectivity index (χ3n) is 1.68. The van der Waals surface area contributed by atoms with E-state index in [1.807, 2.05) is 6.92 Å². The summed E-state index contributed by atoms with van der Waals surface area (Å²) in [7, 11) is 0. The Morgan fingerprint density at radius 2 is 2.29 bits per heavy atom. The molecule has 0 aliphatic rings. The zero-order valence-corrected chi connectivity index (χ0v) is 9.76. The van der Waals surface area contributed by atoms with Crippen LogP contribution in [0.25, 0.3) is 0 Å². The lowest BCUT2D eigenvalue weighted by molar-refractivity contribution is 0.210. The smallest absolute Gasteiger partial charge is 0.409 e. The molecular formula is C9H9BrClNO2. The molecule has 0 fully saturated rings. The SMILES string of the molecule is CC(Br)c1ccc(NC(=O)O)cc1Cl. The van der Waals surface area contributed by atoms with Crippen LogP contribution in [0.15, 0.2) is 18.2 Å². The lowest BCUT2D eigenvalue weighted by Crippen LogP contribution is -2.07. The lowest BCUT2D eigenvalue weighted by atomic mass is 10.1. The maximum atomic E-state index is 10.3. The largest absolute Gasteiger partial charge is 0.465 e. The maximum absolute atomic E-state index is 10.3. The summed E-state index contributed by atoms with van der Waals surface area (Å²) in [5.41, 5.74) is 1.40. The predicted octanol–water partition coefficient (Wildman–Crippen LogP) is 3.89. The van der Waals surface area contributed by atoms with Gasteiger partial charge in [0.25, 0.3) is 0 Å². The molecule has 0 spiro atoms. The van der Waals surface area contributed by atoms with Gasteiger partial charge in [-0.3, -0.25) is 5.32 Å². The second kappa shape index (κ2) is 4.66. The van der Waals surface area contributed by atoms with Crippen molar-refractivity contribution < 1.29 is 9.90 Å². The van der Waals surface area contributed by atoms with Gasteiger partial charge in [-0.05, 0) is 24.6 Å². The van der Waals surface area contributed by atoms with Crippen LogP contribution < -0.4 is 5.32 Å². The molecule has 0 aliphatic carbocycles. The normalized spacial score (nSPS) is 12.2. The molecule has 2 N–H and O–H groups in total. The number of hydrogen-bond acceptors (Lipinski definition) is 1. The van der Waals surface area contributed by atoms with Crippen LogP contribution in [-0.2, 0) is 0 Å². The van der Waals surface area contributed by atoms with Gasteiger partial charge in [0.2, 0.25) is 0 Å². The van der Waals surface area contributed by atoms with Gasteiger partial charge in [-0.2, -0.15) is 0 Å². The van der Waals surface area contributed by atoms with Crippen LogP contribution in [0.5, 0.6) is 0 Å². The minimum Gasteiger partial charge on any atom is -0.465 e. The van der Waals surface area contributed by atoms with Crippen LogP contribution in [0.4, 0.5) is 10.5 Å². The average Bonchev–Trinajstić information content (AvgIpc) is 2.01. The van der Waals surface area contributed by atoms with E-state index in [0.717, 1.165) is 5.56 Å². The van der Waals surface area contributed by atoms with E-state index in [9.17, 15) is 4.79 Å². The first-order valence-corrected chi connectivity index (χ1v) is 5.23. The number of carboxylic acid groups (broad SMARTS) is 1. The van der Waals surface area contributed by atoms with Crippen LogP contribution in [-0.4, -0.2) is 11.2 Å². The standard InChI is InChI=1S/C9H9BrClNO2/c1-5(10)7-3-2-6(4-8(7)11)12-9(13)14/h2-5,12H,1H3,(H,13,14). The van der Waals surface area contributed by atoms with Gasteiger partial charge in [-0.25, -0.2) is 4.79 Å². The van der Waals surface area contributed by atoms with Crippen molar-refractivity contribution in [1.82, 2.24) is 0 Å². The second-order valence-electron chi connectivity index (χ2n) is 2.78. The molecule has 0 saturated carbocycles. The number of rotatable bonds is 2. The molecule has 1 rings (SSSR count). The lowest BCUT2D eigenvalue weighted by Gasteiger charge is -2.08. The summed E-state index contributed by atoms with van der Waals surface area (Å²) in [6.07, 6.45) is -1.10. The first-order chi connectivity index (χ1) is 6.50. The Hall–Kier alpha value is -0.740. The third kappa shape index (κ3) is 2.89. The fraction of sp³-hybridized carbons (Fsp3) is 0.222. The molecule has 1 atom stereocenters. The van der Waals surface area contributed by atoms with Crippen LogP contribution >= 0.6 is 27.5 Å². The van der Waals surface area contributed by atoms with Crippen LogP contribution in [0.2, 0.25) is 5.02 Å². The minimum atomic E-state index is -1.10.